The third-order valence-corrected chi connectivity index (χ3v) is 0.347. The van der Waals surface area contributed by atoms with E-state index in [-0.39, 0.29) is 0 Å². The summed E-state index contributed by atoms with van der Waals surface area (Å²) in [7, 11) is 0. The normalized spacial score (nSPS) is 17.3. The van der Waals surface area contributed by atoms with Crippen LogP contribution >= 0.6 is 0 Å². The van der Waals surface area contributed by atoms with Crippen molar-refractivity contribution in [3.63, 3.8) is 0 Å². The number of rotatable bonds is 0. The van der Waals surface area contributed by atoms with E-state index in [0.717, 1.165) is 0 Å². The second-order valence-electron chi connectivity index (χ2n) is 0.710. The molecule has 0 saturated heterocycles. The summed E-state index contributed by atoms with van der Waals surface area (Å²) in [5, 5.41) is 6.63. The molecule has 1 rings (SSSR count). The van der Waals surface area contributed by atoms with Crippen LogP contribution in [0.1, 0.15) is 0 Å². The van der Waals surface area contributed by atoms with Crippen molar-refractivity contribution in [3.05, 3.63) is 19.2 Å². The lowest BCUT2D eigenvalue weighted by Crippen LogP contribution is -1.73. The van der Waals surface area contributed by atoms with Gasteiger partial charge in [-0.1, -0.05) is 0 Å². The highest BCUT2D eigenvalue weighted by molar-refractivity contribution is 4.73. The Labute approximate surface area is 35.3 Å². The molecule has 6 heavy (non-hydrogen) atoms. The topological polar surface area (TPSA) is 34.0 Å². The third-order valence-electron chi connectivity index (χ3n) is 0.347. The molecule has 0 fully saturated rings. The summed E-state index contributed by atoms with van der Waals surface area (Å²) in [6.45, 7) is 2.16. The van der Waals surface area contributed by atoms with E-state index in [1.54, 1.807) is 0 Å². The van der Waals surface area contributed by atoms with Gasteiger partial charge in [-0.25, -0.2) is 0 Å². The maximum absolute atomic E-state index is 4.38. The average molecular weight is 82.1 g/mol. The zero-order chi connectivity index (χ0) is 4.24. The van der Waals surface area contributed by atoms with Crippen molar-refractivity contribution >= 4 is 0 Å². The van der Waals surface area contributed by atoms with Crippen LogP contribution in [0, 0.1) is 6.73 Å². The van der Waals surface area contributed by atoms with Gasteiger partial charge in [0.1, 0.15) is 6.26 Å². The lowest BCUT2D eigenvalue weighted by atomic mass is 11.0. The predicted molar refractivity (Wildman–Crippen MR) is 18.3 cm³/mol. The molecule has 0 bridgehead atoms. The van der Waals surface area contributed by atoms with Gasteiger partial charge in [-0.3, -0.25) is 0 Å². The standard InChI is InChI=1S/C3H2N2O/c1-2-6-3-5-4-1/h1-2H. The Balaban J connectivity index is 2.46. The number of azo groups is 1. The van der Waals surface area contributed by atoms with Crippen LogP contribution in [-0.2, 0) is 4.74 Å². The lowest BCUT2D eigenvalue weighted by Gasteiger charge is -1.89. The Kier molecular flexibility index (Phi) is 0.859. The minimum Gasteiger partial charge on any atom is -0.459 e. The lowest BCUT2D eigenvalue weighted by molar-refractivity contribution is 0.319. The van der Waals surface area contributed by atoms with Gasteiger partial charge in [-0.2, -0.15) is 5.11 Å². The molecule has 1 heterocycles. The molecule has 0 spiro atoms. The first-order valence-electron chi connectivity index (χ1n) is 1.45. The van der Waals surface area contributed by atoms with Crippen molar-refractivity contribution in [1.29, 1.82) is 0 Å². The highest BCUT2D eigenvalue weighted by Gasteiger charge is 1.82. The SMILES string of the molecule is [C]1N=NC=CO1. The van der Waals surface area contributed by atoms with E-state index in [1.165, 1.54) is 12.5 Å². The Morgan fingerprint density at radius 3 is 2.83 bits per heavy atom. The van der Waals surface area contributed by atoms with Crippen LogP contribution in [0.2, 0.25) is 0 Å². The highest BCUT2D eigenvalue weighted by atomic mass is 16.5. The first-order valence-corrected chi connectivity index (χ1v) is 1.45. The van der Waals surface area contributed by atoms with Gasteiger partial charge in [0.2, 0.25) is 0 Å². The fourth-order valence-corrected chi connectivity index (χ4v) is 0.169. The number of ether oxygens (including phenoxy) is 1. The average Bonchev–Trinajstić information content (AvgIpc) is 1.72. The van der Waals surface area contributed by atoms with E-state index in [1.807, 2.05) is 0 Å². The first kappa shape index (κ1) is 3.33. The minimum atomic E-state index is 1.40. The number of hydrogen-bond acceptors (Lipinski definition) is 3. The van der Waals surface area contributed by atoms with Crippen LogP contribution in [0.15, 0.2) is 22.7 Å². The van der Waals surface area contributed by atoms with Crippen LogP contribution in [-0.4, -0.2) is 0 Å². The smallest absolute Gasteiger partial charge is 0.355 e. The Morgan fingerprint density at radius 1 is 1.67 bits per heavy atom. The summed E-state index contributed by atoms with van der Waals surface area (Å²) in [5.74, 6) is 0. The van der Waals surface area contributed by atoms with Crippen molar-refractivity contribution in [2.75, 3.05) is 0 Å². The molecule has 1 aliphatic heterocycles. The van der Waals surface area contributed by atoms with E-state index in [0.29, 0.717) is 0 Å². The molecule has 2 radical (unpaired) electrons. The Bertz CT molecular complexity index is 74.8. The molecule has 3 nitrogen and oxygen atoms in total. The zero-order valence-electron chi connectivity index (χ0n) is 2.96. The molecule has 30 valence electrons. The number of nitrogens with zero attached hydrogens (tertiary/aromatic N) is 2. The van der Waals surface area contributed by atoms with Gasteiger partial charge in [0, 0.05) is 0 Å². The van der Waals surface area contributed by atoms with Gasteiger partial charge in [0.25, 0.3) is 0 Å². The van der Waals surface area contributed by atoms with Crippen molar-refractivity contribution < 1.29 is 4.74 Å². The third kappa shape index (κ3) is 0.544. The maximum atomic E-state index is 4.38. The molecule has 0 unspecified atom stereocenters. The van der Waals surface area contributed by atoms with Crippen molar-refractivity contribution in [1.82, 2.24) is 0 Å². The molecule has 0 aromatic carbocycles. The molecule has 0 saturated carbocycles. The predicted octanol–water partition coefficient (Wildman–Crippen LogP) is 0.936. The molecule has 0 amide bonds. The van der Waals surface area contributed by atoms with Crippen LogP contribution in [0.5, 0.6) is 0 Å². The summed E-state index contributed by atoms with van der Waals surface area (Å²) >= 11 is 0. The molecule has 0 N–H and O–H groups in total. The van der Waals surface area contributed by atoms with Gasteiger partial charge >= 0.3 is 6.73 Å². The van der Waals surface area contributed by atoms with Gasteiger partial charge < -0.3 is 4.74 Å². The molecule has 1 aliphatic rings. The Hall–Kier alpha value is -0.860. The molecule has 0 atom stereocenters. The molecule has 0 aromatic heterocycles. The van der Waals surface area contributed by atoms with Gasteiger partial charge in [-0.05, 0) is 0 Å². The summed E-state index contributed by atoms with van der Waals surface area (Å²) in [6.07, 6.45) is 2.84. The number of hydrogen-bond donors (Lipinski definition) is 0. The van der Waals surface area contributed by atoms with Crippen LogP contribution < -0.4 is 0 Å². The van der Waals surface area contributed by atoms with Crippen molar-refractivity contribution in [2.45, 2.75) is 0 Å². The van der Waals surface area contributed by atoms with E-state index in [2.05, 4.69) is 21.7 Å². The van der Waals surface area contributed by atoms with Gasteiger partial charge in [0.05, 0.1) is 6.20 Å². The van der Waals surface area contributed by atoms with E-state index >= 15 is 0 Å². The highest BCUT2D eigenvalue weighted by Crippen LogP contribution is 1.93. The van der Waals surface area contributed by atoms with E-state index in [9.17, 15) is 0 Å². The maximum Gasteiger partial charge on any atom is 0.355 e. The minimum absolute atomic E-state index is 1.40. The van der Waals surface area contributed by atoms with E-state index < -0.39 is 0 Å². The summed E-state index contributed by atoms with van der Waals surface area (Å²) in [5.41, 5.74) is 0. The van der Waals surface area contributed by atoms with Crippen molar-refractivity contribution in [3.8, 4) is 0 Å². The summed E-state index contributed by atoms with van der Waals surface area (Å²) in [4.78, 5) is 0. The van der Waals surface area contributed by atoms with Crippen LogP contribution in [0.4, 0.5) is 0 Å². The van der Waals surface area contributed by atoms with Crippen LogP contribution in [0.25, 0.3) is 0 Å². The fraction of sp³-hybridized carbons (Fsp3) is 0. The summed E-state index contributed by atoms with van der Waals surface area (Å²) in [6, 6.07) is 0. The quantitative estimate of drug-likeness (QED) is 0.428. The summed E-state index contributed by atoms with van der Waals surface area (Å²) < 4.78 is 4.38. The van der Waals surface area contributed by atoms with Crippen molar-refractivity contribution in [2.24, 2.45) is 10.2 Å². The molecular weight excluding hydrogens is 80.0 g/mol. The fourth-order valence-electron chi connectivity index (χ4n) is 0.169. The van der Waals surface area contributed by atoms with E-state index in [4.69, 9.17) is 0 Å². The monoisotopic (exact) mass is 82.0 g/mol. The Morgan fingerprint density at radius 2 is 2.67 bits per heavy atom. The van der Waals surface area contributed by atoms with Crippen LogP contribution in [0.3, 0.4) is 0 Å². The second-order valence-corrected chi connectivity index (χ2v) is 0.710. The first-order chi connectivity index (χ1) is 3.00. The zero-order valence-corrected chi connectivity index (χ0v) is 2.96. The molecule has 0 aliphatic carbocycles. The molecule has 0 aromatic rings. The largest absolute Gasteiger partial charge is 0.459 e. The van der Waals surface area contributed by atoms with Gasteiger partial charge in [0.15, 0.2) is 0 Å². The molecular formula is C3H2N2O. The van der Waals surface area contributed by atoms with Gasteiger partial charge in [-0.15, -0.1) is 5.11 Å². The second kappa shape index (κ2) is 1.55. The molecule has 3 heteroatoms.